The van der Waals surface area contributed by atoms with E-state index in [2.05, 4.69) is 9.97 Å². The Morgan fingerprint density at radius 1 is 1.21 bits per heavy atom. The largest absolute Gasteiger partial charge is 0.477 e. The molecule has 2 aromatic heterocycles. The van der Waals surface area contributed by atoms with Crippen LogP contribution in [0.1, 0.15) is 18.5 Å². The van der Waals surface area contributed by atoms with E-state index in [0.717, 1.165) is 0 Å². The van der Waals surface area contributed by atoms with E-state index in [1.165, 1.54) is 23.1 Å². The fourth-order valence-electron chi connectivity index (χ4n) is 2.69. The van der Waals surface area contributed by atoms with Crippen LogP contribution in [0.4, 0.5) is 0 Å². The number of aryl methyl sites for hydroxylation is 1. The van der Waals surface area contributed by atoms with Crippen molar-refractivity contribution in [3.8, 4) is 5.88 Å². The number of hydrogen-bond donors (Lipinski definition) is 0. The van der Waals surface area contributed by atoms with Crippen molar-refractivity contribution in [2.45, 2.75) is 24.7 Å². The fraction of sp³-hybridized carbons (Fsp3) is 0.294. The van der Waals surface area contributed by atoms with Gasteiger partial charge in [0.2, 0.25) is 5.88 Å². The number of benzene rings is 1. The highest BCUT2D eigenvalue weighted by molar-refractivity contribution is 7.90. The Morgan fingerprint density at radius 2 is 1.96 bits per heavy atom. The highest BCUT2D eigenvalue weighted by Crippen LogP contribution is 2.32. The van der Waals surface area contributed by atoms with E-state index in [4.69, 9.17) is 4.74 Å². The third-order valence-corrected chi connectivity index (χ3v) is 5.94. The Bertz CT molecular complexity index is 993. The maximum atomic E-state index is 13.0. The highest BCUT2D eigenvalue weighted by atomic mass is 32.2. The number of ether oxygens (including phenoxy) is 1. The van der Waals surface area contributed by atoms with E-state index in [1.807, 2.05) is 0 Å². The van der Waals surface area contributed by atoms with Crippen LogP contribution in [-0.4, -0.2) is 29.0 Å². The van der Waals surface area contributed by atoms with Crippen LogP contribution in [0.25, 0.3) is 11.0 Å². The number of fused-ring (bicyclic) bond motifs is 1. The zero-order chi connectivity index (χ0) is 16.7. The second-order valence-corrected chi connectivity index (χ2v) is 7.83. The SMILES string of the molecule is Cc1cc2c(OCC3CC3)ncnc2n1S(=O)(=O)c1ccccc1. The third-order valence-electron chi connectivity index (χ3n) is 4.13. The van der Waals surface area contributed by atoms with Crippen molar-refractivity contribution in [1.29, 1.82) is 0 Å². The van der Waals surface area contributed by atoms with Crippen molar-refractivity contribution in [2.24, 2.45) is 5.92 Å². The molecule has 0 spiro atoms. The second-order valence-electron chi connectivity index (χ2n) is 6.04. The predicted molar refractivity (Wildman–Crippen MR) is 89.5 cm³/mol. The summed E-state index contributed by atoms with van der Waals surface area (Å²) in [6.45, 7) is 2.36. The number of aromatic nitrogens is 3. The molecule has 0 amide bonds. The molecule has 6 nitrogen and oxygen atoms in total. The first kappa shape index (κ1) is 15.1. The minimum atomic E-state index is -3.72. The summed E-state index contributed by atoms with van der Waals surface area (Å²) >= 11 is 0. The Hall–Kier alpha value is -2.41. The standard InChI is InChI=1S/C17H17N3O3S/c1-12-9-15-16(18-11-19-17(15)23-10-13-7-8-13)20(12)24(21,22)14-5-3-2-4-6-14/h2-6,9,11,13H,7-8,10H2,1H3. The Balaban J connectivity index is 1.84. The zero-order valence-electron chi connectivity index (χ0n) is 13.2. The molecular weight excluding hydrogens is 326 g/mol. The van der Waals surface area contributed by atoms with Crippen molar-refractivity contribution in [3.05, 3.63) is 48.4 Å². The molecule has 1 aliphatic rings. The van der Waals surface area contributed by atoms with Crippen LogP contribution in [0, 0.1) is 12.8 Å². The van der Waals surface area contributed by atoms with Gasteiger partial charge < -0.3 is 4.74 Å². The lowest BCUT2D eigenvalue weighted by molar-refractivity contribution is 0.292. The summed E-state index contributed by atoms with van der Waals surface area (Å²) in [5.41, 5.74) is 0.919. The number of hydrogen-bond acceptors (Lipinski definition) is 5. The van der Waals surface area contributed by atoms with Gasteiger partial charge in [0, 0.05) is 5.69 Å². The van der Waals surface area contributed by atoms with E-state index < -0.39 is 10.0 Å². The molecule has 1 saturated carbocycles. The molecule has 0 N–H and O–H groups in total. The first-order valence-corrected chi connectivity index (χ1v) is 9.28. The van der Waals surface area contributed by atoms with Crippen LogP contribution in [0.15, 0.2) is 47.6 Å². The van der Waals surface area contributed by atoms with E-state index in [0.29, 0.717) is 35.1 Å². The second kappa shape index (κ2) is 5.59. The third kappa shape index (κ3) is 2.54. The normalized spacial score (nSPS) is 14.9. The van der Waals surface area contributed by atoms with Gasteiger partial charge in [0.05, 0.1) is 16.9 Å². The Labute approximate surface area is 140 Å². The van der Waals surface area contributed by atoms with Crippen LogP contribution >= 0.6 is 0 Å². The van der Waals surface area contributed by atoms with Gasteiger partial charge in [0.1, 0.15) is 6.33 Å². The number of nitrogens with zero attached hydrogens (tertiary/aromatic N) is 3. The maximum absolute atomic E-state index is 13.0. The van der Waals surface area contributed by atoms with Crippen molar-refractivity contribution >= 4 is 21.1 Å². The first-order valence-electron chi connectivity index (χ1n) is 7.84. The molecule has 0 radical (unpaired) electrons. The lowest BCUT2D eigenvalue weighted by atomic mass is 10.3. The topological polar surface area (TPSA) is 74.1 Å². The number of rotatable bonds is 5. The Kier molecular flexibility index (Phi) is 3.53. The lowest BCUT2D eigenvalue weighted by Gasteiger charge is -2.09. The minimum absolute atomic E-state index is 0.227. The molecule has 0 unspecified atom stereocenters. The van der Waals surface area contributed by atoms with Gasteiger partial charge in [-0.2, -0.15) is 0 Å². The van der Waals surface area contributed by atoms with E-state index in [9.17, 15) is 8.42 Å². The summed E-state index contributed by atoms with van der Waals surface area (Å²) in [5.74, 6) is 1.03. The molecule has 0 aliphatic heterocycles. The molecule has 7 heteroatoms. The van der Waals surface area contributed by atoms with Crippen molar-refractivity contribution in [2.75, 3.05) is 6.61 Å². The summed E-state index contributed by atoms with van der Waals surface area (Å²) in [6, 6.07) is 10.1. The van der Waals surface area contributed by atoms with Crippen molar-refractivity contribution in [1.82, 2.24) is 13.9 Å². The summed E-state index contributed by atoms with van der Waals surface area (Å²) in [6.07, 6.45) is 3.70. The smallest absolute Gasteiger partial charge is 0.269 e. The summed E-state index contributed by atoms with van der Waals surface area (Å²) in [7, 11) is -3.72. The van der Waals surface area contributed by atoms with Crippen molar-refractivity contribution < 1.29 is 13.2 Å². The van der Waals surface area contributed by atoms with E-state index in [1.54, 1.807) is 43.3 Å². The van der Waals surface area contributed by atoms with Gasteiger partial charge in [-0.1, -0.05) is 18.2 Å². The molecule has 0 saturated heterocycles. The van der Waals surface area contributed by atoms with Crippen LogP contribution in [-0.2, 0) is 10.0 Å². The van der Waals surface area contributed by atoms with Crippen LogP contribution in [0.2, 0.25) is 0 Å². The quantitative estimate of drug-likeness (QED) is 0.712. The molecular formula is C17H17N3O3S. The average molecular weight is 343 g/mol. The van der Waals surface area contributed by atoms with Crippen LogP contribution in [0.5, 0.6) is 5.88 Å². The van der Waals surface area contributed by atoms with Gasteiger partial charge in [-0.15, -0.1) is 0 Å². The van der Waals surface area contributed by atoms with E-state index in [-0.39, 0.29) is 4.90 Å². The molecule has 0 atom stereocenters. The average Bonchev–Trinajstić information content (AvgIpc) is 3.34. The Morgan fingerprint density at radius 3 is 2.67 bits per heavy atom. The molecule has 0 bridgehead atoms. The minimum Gasteiger partial charge on any atom is -0.477 e. The first-order chi connectivity index (χ1) is 11.6. The van der Waals surface area contributed by atoms with Crippen molar-refractivity contribution in [3.63, 3.8) is 0 Å². The highest BCUT2D eigenvalue weighted by Gasteiger charge is 2.25. The molecule has 4 rings (SSSR count). The molecule has 1 fully saturated rings. The zero-order valence-corrected chi connectivity index (χ0v) is 14.0. The molecule has 3 aromatic rings. The van der Waals surface area contributed by atoms with Gasteiger partial charge in [0.25, 0.3) is 10.0 Å². The molecule has 2 heterocycles. The summed E-state index contributed by atoms with van der Waals surface area (Å²) < 4.78 is 33.0. The molecule has 24 heavy (non-hydrogen) atoms. The lowest BCUT2D eigenvalue weighted by Crippen LogP contribution is -2.14. The van der Waals surface area contributed by atoms with Crippen LogP contribution in [0.3, 0.4) is 0 Å². The monoisotopic (exact) mass is 343 g/mol. The van der Waals surface area contributed by atoms with E-state index >= 15 is 0 Å². The molecule has 1 aliphatic carbocycles. The van der Waals surface area contributed by atoms with Gasteiger partial charge in [-0.25, -0.2) is 22.4 Å². The van der Waals surface area contributed by atoms with Gasteiger partial charge in [-0.05, 0) is 43.9 Å². The fourth-order valence-corrected chi connectivity index (χ4v) is 4.21. The summed E-state index contributed by atoms with van der Waals surface area (Å²) in [4.78, 5) is 8.59. The maximum Gasteiger partial charge on any atom is 0.269 e. The summed E-state index contributed by atoms with van der Waals surface area (Å²) in [5, 5.41) is 0.621. The van der Waals surface area contributed by atoms with Gasteiger partial charge in [-0.3, -0.25) is 0 Å². The molecule has 1 aromatic carbocycles. The van der Waals surface area contributed by atoms with Crippen LogP contribution < -0.4 is 4.74 Å². The predicted octanol–water partition coefficient (Wildman–Crippen LogP) is 2.77. The van der Waals surface area contributed by atoms with Gasteiger partial charge >= 0.3 is 0 Å². The molecule has 124 valence electrons. The van der Waals surface area contributed by atoms with Gasteiger partial charge in [0.15, 0.2) is 5.65 Å².